The van der Waals surface area contributed by atoms with Crippen LogP contribution in [-0.2, 0) is 4.74 Å². The van der Waals surface area contributed by atoms with Gasteiger partial charge in [-0.05, 0) is 22.6 Å². The number of hydrogen-bond donors (Lipinski definition) is 0. The Hall–Kier alpha value is -0.990. The van der Waals surface area contributed by atoms with Gasteiger partial charge in [0.25, 0.3) is 6.43 Å². The number of methoxy groups -OCH3 is 2. The first kappa shape index (κ1) is 13.1. The second-order valence-corrected chi connectivity index (χ2v) is 3.73. The lowest BCUT2D eigenvalue weighted by molar-refractivity contribution is 0.0592. The molecule has 0 aliphatic rings. The molecule has 88 valence electrons. The molecule has 0 N–H and O–H groups in total. The third-order valence-corrected chi connectivity index (χ3v) is 2.63. The summed E-state index contributed by atoms with van der Waals surface area (Å²) in [5.41, 5.74) is -0.385. The zero-order chi connectivity index (χ0) is 12.3. The first-order valence-electron chi connectivity index (χ1n) is 4.12. The van der Waals surface area contributed by atoms with Gasteiger partial charge < -0.3 is 9.47 Å². The number of alkyl halides is 2. The lowest BCUT2D eigenvalue weighted by Gasteiger charge is -2.10. The highest BCUT2D eigenvalue weighted by molar-refractivity contribution is 14.1. The van der Waals surface area contributed by atoms with E-state index in [1.54, 1.807) is 22.6 Å². The van der Waals surface area contributed by atoms with Crippen LogP contribution in [0.25, 0.3) is 0 Å². The van der Waals surface area contributed by atoms with Gasteiger partial charge in [0.15, 0.2) is 5.69 Å². The Labute approximate surface area is 104 Å². The van der Waals surface area contributed by atoms with E-state index in [1.165, 1.54) is 14.2 Å². The van der Waals surface area contributed by atoms with E-state index >= 15 is 0 Å². The lowest BCUT2D eigenvalue weighted by atomic mass is 10.2. The predicted octanol–water partition coefficient (Wildman–Crippen LogP) is 2.42. The molecule has 4 nitrogen and oxygen atoms in total. The maximum absolute atomic E-state index is 12.6. The van der Waals surface area contributed by atoms with Crippen LogP contribution in [0.4, 0.5) is 8.78 Å². The molecule has 1 aromatic rings. The van der Waals surface area contributed by atoms with Crippen molar-refractivity contribution in [2.45, 2.75) is 6.43 Å². The van der Waals surface area contributed by atoms with Gasteiger partial charge in [0.1, 0.15) is 9.45 Å². The molecule has 0 aliphatic heterocycles. The number of carbonyl (C=O) groups excluding carboxylic acids is 1. The van der Waals surface area contributed by atoms with Crippen LogP contribution in [0, 0.1) is 3.70 Å². The van der Waals surface area contributed by atoms with Crippen molar-refractivity contribution in [3.63, 3.8) is 0 Å². The van der Waals surface area contributed by atoms with Crippen LogP contribution >= 0.6 is 22.6 Å². The van der Waals surface area contributed by atoms with E-state index in [0.29, 0.717) is 0 Å². The highest BCUT2D eigenvalue weighted by Crippen LogP contribution is 2.32. The Kier molecular flexibility index (Phi) is 4.39. The number of carbonyl (C=O) groups is 1. The number of hydrogen-bond acceptors (Lipinski definition) is 4. The number of halogens is 3. The van der Waals surface area contributed by atoms with Gasteiger partial charge in [0, 0.05) is 6.07 Å². The van der Waals surface area contributed by atoms with Crippen molar-refractivity contribution < 1.29 is 23.0 Å². The van der Waals surface area contributed by atoms with Crippen molar-refractivity contribution in [2.75, 3.05) is 14.2 Å². The summed E-state index contributed by atoms with van der Waals surface area (Å²) < 4.78 is 34.6. The molecular formula is C9H8F2INO3. The third-order valence-electron chi connectivity index (χ3n) is 1.81. The third kappa shape index (κ3) is 2.57. The molecule has 0 aliphatic carbocycles. The Bertz CT molecular complexity index is 412. The lowest BCUT2D eigenvalue weighted by Crippen LogP contribution is -2.08. The van der Waals surface area contributed by atoms with Crippen molar-refractivity contribution in [3.8, 4) is 5.75 Å². The first-order chi connectivity index (χ1) is 7.51. The summed E-state index contributed by atoms with van der Waals surface area (Å²) in [6.45, 7) is 0. The number of rotatable bonds is 3. The highest BCUT2D eigenvalue weighted by Gasteiger charge is 2.22. The van der Waals surface area contributed by atoms with Crippen molar-refractivity contribution in [2.24, 2.45) is 0 Å². The second-order valence-electron chi connectivity index (χ2n) is 2.71. The van der Waals surface area contributed by atoms with Gasteiger partial charge in [0.05, 0.1) is 19.8 Å². The van der Waals surface area contributed by atoms with Crippen LogP contribution < -0.4 is 4.74 Å². The first-order valence-corrected chi connectivity index (χ1v) is 5.20. The van der Waals surface area contributed by atoms with Crippen LogP contribution in [0.3, 0.4) is 0 Å². The minimum absolute atomic E-state index is 0.0207. The van der Waals surface area contributed by atoms with Gasteiger partial charge in [-0.25, -0.2) is 18.6 Å². The Morgan fingerprint density at radius 3 is 2.56 bits per heavy atom. The monoisotopic (exact) mass is 343 g/mol. The molecule has 0 radical (unpaired) electrons. The van der Waals surface area contributed by atoms with Gasteiger partial charge in [-0.15, -0.1) is 0 Å². The summed E-state index contributed by atoms with van der Waals surface area (Å²) in [7, 11) is 2.43. The fourth-order valence-electron chi connectivity index (χ4n) is 1.08. The minimum atomic E-state index is -2.71. The normalized spacial score (nSPS) is 10.4. The van der Waals surface area contributed by atoms with Gasteiger partial charge in [-0.3, -0.25) is 0 Å². The average Bonchev–Trinajstić information content (AvgIpc) is 2.26. The van der Waals surface area contributed by atoms with E-state index in [-0.39, 0.29) is 20.7 Å². The van der Waals surface area contributed by atoms with Crippen LogP contribution in [0.15, 0.2) is 6.07 Å². The van der Waals surface area contributed by atoms with Gasteiger partial charge in [0.2, 0.25) is 0 Å². The molecule has 0 atom stereocenters. The molecule has 0 fully saturated rings. The summed E-state index contributed by atoms with van der Waals surface area (Å²) in [5.74, 6) is -0.771. The van der Waals surface area contributed by atoms with E-state index < -0.39 is 12.4 Å². The van der Waals surface area contributed by atoms with Gasteiger partial charge in [-0.2, -0.15) is 0 Å². The summed E-state index contributed by atoms with van der Waals surface area (Å²) in [6.07, 6.45) is -2.71. The average molecular weight is 343 g/mol. The Balaban J connectivity index is 3.32. The van der Waals surface area contributed by atoms with Crippen molar-refractivity contribution >= 4 is 28.6 Å². The number of pyridine rings is 1. The van der Waals surface area contributed by atoms with E-state index in [4.69, 9.17) is 4.74 Å². The van der Waals surface area contributed by atoms with Crippen molar-refractivity contribution in [1.82, 2.24) is 4.98 Å². The minimum Gasteiger partial charge on any atom is -0.496 e. The zero-order valence-electron chi connectivity index (χ0n) is 8.46. The zero-order valence-corrected chi connectivity index (χ0v) is 10.6. The largest absolute Gasteiger partial charge is 0.496 e. The molecule has 1 aromatic heterocycles. The Morgan fingerprint density at radius 2 is 2.12 bits per heavy atom. The van der Waals surface area contributed by atoms with Crippen molar-refractivity contribution in [3.05, 3.63) is 21.0 Å². The van der Waals surface area contributed by atoms with E-state index in [2.05, 4.69) is 9.72 Å². The van der Waals surface area contributed by atoms with Gasteiger partial charge >= 0.3 is 5.97 Å². The molecular weight excluding hydrogens is 335 g/mol. The molecule has 0 spiro atoms. The van der Waals surface area contributed by atoms with E-state index in [0.717, 1.165) is 6.07 Å². The summed E-state index contributed by atoms with van der Waals surface area (Å²) in [5, 5.41) is 0. The summed E-state index contributed by atoms with van der Waals surface area (Å²) in [4.78, 5) is 14.9. The van der Waals surface area contributed by atoms with Crippen LogP contribution in [-0.4, -0.2) is 25.2 Å². The maximum Gasteiger partial charge on any atom is 0.356 e. The van der Waals surface area contributed by atoms with Crippen LogP contribution in [0.1, 0.15) is 22.5 Å². The quantitative estimate of drug-likeness (QED) is 0.481. The molecule has 1 heterocycles. The van der Waals surface area contributed by atoms with Crippen LogP contribution in [0.5, 0.6) is 5.75 Å². The molecule has 0 unspecified atom stereocenters. The van der Waals surface area contributed by atoms with Crippen molar-refractivity contribution in [1.29, 1.82) is 0 Å². The molecule has 0 saturated heterocycles. The topological polar surface area (TPSA) is 48.4 Å². The fraction of sp³-hybridized carbons (Fsp3) is 0.333. The maximum atomic E-state index is 12.6. The number of aromatic nitrogens is 1. The fourth-order valence-corrected chi connectivity index (χ4v) is 1.84. The Morgan fingerprint density at radius 1 is 1.50 bits per heavy atom. The molecule has 16 heavy (non-hydrogen) atoms. The number of ether oxygens (including phenoxy) is 2. The molecule has 0 aromatic carbocycles. The molecule has 7 heteroatoms. The summed E-state index contributed by atoms with van der Waals surface area (Å²) in [6, 6.07) is 1.13. The molecule has 1 rings (SSSR count). The molecule has 0 saturated carbocycles. The SMILES string of the molecule is COC(=O)c1cc(OC)c(C(F)F)c(I)n1. The predicted molar refractivity (Wildman–Crippen MR) is 59.8 cm³/mol. The second kappa shape index (κ2) is 5.37. The molecule has 0 bridgehead atoms. The summed E-state index contributed by atoms with van der Waals surface area (Å²) >= 11 is 1.62. The van der Waals surface area contributed by atoms with E-state index in [9.17, 15) is 13.6 Å². The smallest absolute Gasteiger partial charge is 0.356 e. The number of nitrogens with zero attached hydrogens (tertiary/aromatic N) is 1. The standard InChI is InChI=1S/C9H8F2INO3/c1-15-5-3-4(9(14)16-2)13-8(12)6(5)7(10)11/h3,7H,1-2H3. The van der Waals surface area contributed by atoms with Gasteiger partial charge in [-0.1, -0.05) is 0 Å². The molecule has 0 amide bonds. The van der Waals surface area contributed by atoms with E-state index in [1.807, 2.05) is 0 Å². The van der Waals surface area contributed by atoms with Crippen LogP contribution in [0.2, 0.25) is 0 Å². The number of esters is 1. The highest BCUT2D eigenvalue weighted by atomic mass is 127.